The molecular formula is C17H20Cl2PZr-. The van der Waals surface area contributed by atoms with Gasteiger partial charge < -0.3 is 0 Å². The molecule has 0 spiro atoms. The van der Waals surface area contributed by atoms with Gasteiger partial charge in [0.05, 0.1) is 0 Å². The summed E-state index contributed by atoms with van der Waals surface area (Å²) in [6.45, 7) is 0. The average Bonchev–Trinajstić information content (AvgIpc) is 2.94. The second kappa shape index (κ2) is 11.0. The summed E-state index contributed by atoms with van der Waals surface area (Å²) in [7, 11) is 0.981. The van der Waals surface area contributed by atoms with Crippen LogP contribution in [0.15, 0.2) is 48.5 Å². The van der Waals surface area contributed by atoms with E-state index in [4.69, 9.17) is 0 Å². The first-order valence-corrected chi connectivity index (χ1v) is 7.83. The molecule has 21 heavy (non-hydrogen) atoms. The van der Waals surface area contributed by atoms with E-state index in [2.05, 4.69) is 54.6 Å². The molecule has 0 heterocycles. The third-order valence-corrected chi connectivity index (χ3v) is 5.25. The smallest absolute Gasteiger partial charge is 0 e. The van der Waals surface area contributed by atoms with Crippen LogP contribution in [0.4, 0.5) is 0 Å². The zero-order valence-corrected chi connectivity index (χ0v) is 16.9. The zero-order chi connectivity index (χ0) is 12.2. The predicted octanol–water partition coefficient (Wildman–Crippen LogP) is 5.24. The summed E-state index contributed by atoms with van der Waals surface area (Å²) in [6, 6.07) is 20.6. The average molecular weight is 417 g/mol. The Balaban J connectivity index is 0.00000133. The predicted molar refractivity (Wildman–Crippen MR) is 95.4 cm³/mol. The first-order valence-electron chi connectivity index (χ1n) is 6.75. The van der Waals surface area contributed by atoms with Crippen LogP contribution in [-0.4, -0.2) is 5.66 Å². The van der Waals surface area contributed by atoms with Crippen LogP contribution < -0.4 is 5.30 Å². The van der Waals surface area contributed by atoms with E-state index in [9.17, 15) is 0 Å². The molecule has 1 fully saturated rings. The van der Waals surface area contributed by atoms with Crippen molar-refractivity contribution < 1.29 is 26.2 Å². The van der Waals surface area contributed by atoms with E-state index in [0.717, 1.165) is 14.2 Å². The fourth-order valence-corrected chi connectivity index (χ4v) is 4.12. The Morgan fingerprint density at radius 2 is 1.57 bits per heavy atom. The summed E-state index contributed by atoms with van der Waals surface area (Å²) in [4.78, 5) is 0. The van der Waals surface area contributed by atoms with Gasteiger partial charge in [0.2, 0.25) is 0 Å². The maximum absolute atomic E-state index is 3.43. The van der Waals surface area contributed by atoms with Crippen LogP contribution in [0.3, 0.4) is 0 Å². The van der Waals surface area contributed by atoms with Crippen LogP contribution in [-0.2, 0) is 26.2 Å². The SMILES string of the molecule is Cl.Cl.[Zr].[c-]1cc(PC2CCCC2)ccc1-c1ccccc1. The summed E-state index contributed by atoms with van der Waals surface area (Å²) in [5, 5.41) is 1.47. The molecule has 2 aromatic carbocycles. The molecule has 1 aliphatic rings. The topological polar surface area (TPSA) is 0 Å². The standard InChI is InChI=1S/C17H18P.2ClH.Zr/c1-2-6-14(7-3-1)15-10-12-17(13-11-15)18-16-8-4-5-9-16;;;/h1-3,6-7,10,12-13,16,18H,4-5,8-9H2;2*1H;/q-1;;;. The van der Waals surface area contributed by atoms with Crippen molar-refractivity contribution in [3.8, 4) is 11.1 Å². The quantitative estimate of drug-likeness (QED) is 0.473. The summed E-state index contributed by atoms with van der Waals surface area (Å²) >= 11 is 0. The fourth-order valence-electron chi connectivity index (χ4n) is 2.62. The van der Waals surface area contributed by atoms with Crippen molar-refractivity contribution in [3.05, 3.63) is 54.6 Å². The Kier molecular flexibility index (Phi) is 11.1. The maximum atomic E-state index is 3.43. The monoisotopic (exact) mass is 415 g/mol. The van der Waals surface area contributed by atoms with Crippen molar-refractivity contribution in [3.63, 3.8) is 0 Å². The maximum Gasteiger partial charge on any atom is 0 e. The van der Waals surface area contributed by atoms with Crippen molar-refractivity contribution in [2.75, 3.05) is 0 Å². The first kappa shape index (κ1) is 21.3. The van der Waals surface area contributed by atoms with Gasteiger partial charge >= 0.3 is 0 Å². The van der Waals surface area contributed by atoms with Gasteiger partial charge in [-0.05, 0) is 18.5 Å². The normalized spacial score (nSPS) is 14.3. The van der Waals surface area contributed by atoms with Crippen molar-refractivity contribution in [2.24, 2.45) is 0 Å². The number of benzene rings is 2. The van der Waals surface area contributed by atoms with Crippen molar-refractivity contribution in [1.29, 1.82) is 0 Å². The van der Waals surface area contributed by atoms with Crippen LogP contribution in [0.1, 0.15) is 25.7 Å². The van der Waals surface area contributed by atoms with Gasteiger partial charge in [-0.15, -0.1) is 68.5 Å². The van der Waals surface area contributed by atoms with E-state index in [1.165, 1.54) is 42.1 Å². The molecule has 4 heteroatoms. The van der Waals surface area contributed by atoms with Gasteiger partial charge in [-0.3, -0.25) is 0 Å². The van der Waals surface area contributed by atoms with Crippen LogP contribution in [0, 0.1) is 6.07 Å². The third-order valence-electron chi connectivity index (χ3n) is 3.62. The molecule has 0 radical (unpaired) electrons. The molecule has 0 aromatic heterocycles. The second-order valence-electron chi connectivity index (χ2n) is 4.98. The van der Waals surface area contributed by atoms with Gasteiger partial charge in [0.1, 0.15) is 0 Å². The number of hydrogen-bond donors (Lipinski definition) is 0. The molecule has 0 bridgehead atoms. The molecule has 1 atom stereocenters. The van der Waals surface area contributed by atoms with Gasteiger partial charge in [0.25, 0.3) is 0 Å². The minimum Gasteiger partial charge on any atom is -0.147 e. The molecule has 0 aliphatic heterocycles. The molecule has 0 N–H and O–H groups in total. The molecule has 1 aliphatic carbocycles. The van der Waals surface area contributed by atoms with Crippen LogP contribution in [0.5, 0.6) is 0 Å². The number of rotatable bonds is 3. The molecule has 112 valence electrons. The Hall–Kier alpha value is 0.333. The van der Waals surface area contributed by atoms with Gasteiger partial charge in [-0.1, -0.05) is 48.7 Å². The summed E-state index contributed by atoms with van der Waals surface area (Å²) in [5.74, 6) is 0. The minimum atomic E-state index is 0. The van der Waals surface area contributed by atoms with Gasteiger partial charge in [-0.25, -0.2) is 0 Å². The van der Waals surface area contributed by atoms with E-state index in [1.54, 1.807) is 0 Å². The molecule has 1 unspecified atom stereocenters. The Morgan fingerprint density at radius 3 is 2.14 bits per heavy atom. The minimum absolute atomic E-state index is 0. The molecule has 1 saturated carbocycles. The van der Waals surface area contributed by atoms with Gasteiger partial charge in [0.15, 0.2) is 0 Å². The Morgan fingerprint density at radius 1 is 0.905 bits per heavy atom. The second-order valence-corrected chi connectivity index (χ2v) is 6.67. The largest absolute Gasteiger partial charge is 0.147 e. The van der Waals surface area contributed by atoms with Gasteiger partial charge in [-0.2, -0.15) is 0 Å². The molecule has 0 saturated heterocycles. The van der Waals surface area contributed by atoms with E-state index in [1.807, 2.05) is 0 Å². The van der Waals surface area contributed by atoms with E-state index in [-0.39, 0.29) is 51.0 Å². The third kappa shape index (κ3) is 6.15. The summed E-state index contributed by atoms with van der Waals surface area (Å²) in [6.07, 6.45) is 5.73. The van der Waals surface area contributed by atoms with Crippen LogP contribution >= 0.6 is 33.4 Å². The Bertz CT molecular complexity index is 496. The molecular weight excluding hydrogens is 397 g/mol. The van der Waals surface area contributed by atoms with Crippen molar-refractivity contribution in [2.45, 2.75) is 31.3 Å². The van der Waals surface area contributed by atoms with Crippen molar-refractivity contribution in [1.82, 2.24) is 0 Å². The first-order chi connectivity index (χ1) is 8.92. The molecule has 2 aromatic rings. The van der Waals surface area contributed by atoms with E-state index < -0.39 is 0 Å². The number of halogens is 2. The van der Waals surface area contributed by atoms with E-state index in [0.29, 0.717) is 0 Å². The van der Waals surface area contributed by atoms with Crippen molar-refractivity contribution >= 4 is 38.7 Å². The zero-order valence-electron chi connectivity index (χ0n) is 11.8. The Labute approximate surface area is 161 Å². The summed E-state index contributed by atoms with van der Waals surface area (Å²) < 4.78 is 0. The molecule has 3 rings (SSSR count). The van der Waals surface area contributed by atoms with Crippen LogP contribution in [0.2, 0.25) is 0 Å². The van der Waals surface area contributed by atoms with E-state index >= 15 is 0 Å². The molecule has 0 amide bonds. The molecule has 0 nitrogen and oxygen atoms in total. The fraction of sp³-hybridized carbons (Fsp3) is 0.294. The van der Waals surface area contributed by atoms with Crippen LogP contribution in [0.25, 0.3) is 11.1 Å². The van der Waals surface area contributed by atoms with Gasteiger partial charge in [0, 0.05) is 26.2 Å². The summed E-state index contributed by atoms with van der Waals surface area (Å²) in [5.41, 5.74) is 3.41. The number of hydrogen-bond acceptors (Lipinski definition) is 0.